The summed E-state index contributed by atoms with van der Waals surface area (Å²) in [7, 11) is 0. The summed E-state index contributed by atoms with van der Waals surface area (Å²) < 4.78 is 8.03. The molecule has 0 atom stereocenters. The molecule has 0 N–H and O–H groups in total. The van der Waals surface area contributed by atoms with Crippen molar-refractivity contribution in [3.8, 4) is 0 Å². The van der Waals surface area contributed by atoms with E-state index in [1.807, 2.05) is 10.6 Å². The molecule has 3 rings (SSSR count). The third-order valence-electron chi connectivity index (χ3n) is 3.10. The third kappa shape index (κ3) is 2.39. The Morgan fingerprint density at radius 1 is 1.44 bits per heavy atom. The molecule has 0 aromatic carbocycles. The molecule has 0 unspecified atom stereocenters. The van der Waals surface area contributed by atoms with Gasteiger partial charge in [0, 0.05) is 19.6 Å². The van der Waals surface area contributed by atoms with Crippen LogP contribution in [0.25, 0.3) is 5.65 Å². The van der Waals surface area contributed by atoms with Crippen molar-refractivity contribution in [2.45, 2.75) is 12.8 Å². The lowest BCUT2D eigenvalue weighted by molar-refractivity contribution is 0.0753. The predicted molar refractivity (Wildman–Crippen MR) is 72.6 cm³/mol. The van der Waals surface area contributed by atoms with Gasteiger partial charge in [0.15, 0.2) is 5.65 Å². The van der Waals surface area contributed by atoms with E-state index in [9.17, 15) is 0 Å². The molecule has 1 saturated heterocycles. The molecular formula is C12H12BrClN3O. The van der Waals surface area contributed by atoms with Crippen molar-refractivity contribution in [2.75, 3.05) is 13.2 Å². The molecule has 0 amide bonds. The first kappa shape index (κ1) is 12.4. The lowest BCUT2D eigenvalue weighted by atomic mass is 9.95. The summed E-state index contributed by atoms with van der Waals surface area (Å²) in [5, 5.41) is 4.80. The van der Waals surface area contributed by atoms with E-state index < -0.39 is 0 Å². The van der Waals surface area contributed by atoms with E-state index in [2.05, 4.69) is 32.4 Å². The van der Waals surface area contributed by atoms with Crippen LogP contribution < -0.4 is 0 Å². The summed E-state index contributed by atoms with van der Waals surface area (Å²) in [5.41, 5.74) is 1.74. The topological polar surface area (TPSA) is 39.4 Å². The number of fused-ring (bicyclic) bond motifs is 1. The molecule has 0 saturated carbocycles. The minimum Gasteiger partial charge on any atom is -0.381 e. The van der Waals surface area contributed by atoms with Gasteiger partial charge < -0.3 is 4.74 Å². The van der Waals surface area contributed by atoms with E-state index >= 15 is 0 Å². The molecule has 1 radical (unpaired) electrons. The monoisotopic (exact) mass is 328 g/mol. The van der Waals surface area contributed by atoms with Crippen LogP contribution in [0.2, 0.25) is 5.15 Å². The highest BCUT2D eigenvalue weighted by Gasteiger charge is 2.18. The third-order valence-corrected chi connectivity index (χ3v) is 3.85. The number of hydrogen-bond acceptors (Lipinski definition) is 3. The van der Waals surface area contributed by atoms with Gasteiger partial charge in [-0.3, -0.25) is 0 Å². The Labute approximate surface area is 118 Å². The fourth-order valence-electron chi connectivity index (χ4n) is 2.17. The Bertz CT molecular complexity index is 566. The van der Waals surface area contributed by atoms with Gasteiger partial charge in [-0.15, -0.1) is 0 Å². The number of aromatic nitrogens is 3. The lowest BCUT2D eigenvalue weighted by Gasteiger charge is -2.21. The van der Waals surface area contributed by atoms with E-state index in [0.717, 1.165) is 41.9 Å². The second-order valence-electron chi connectivity index (χ2n) is 4.35. The molecule has 3 heterocycles. The molecule has 0 bridgehead atoms. The van der Waals surface area contributed by atoms with Crippen LogP contribution in [0.4, 0.5) is 0 Å². The standard InChI is InChI=1S/C12H12BrClN3O/c13-10-7-15-17-9(6-11(14)16-12(10)17)5-8-1-3-18-4-2-8/h5-8H,1-4H2. The van der Waals surface area contributed by atoms with Crippen LogP contribution in [0.3, 0.4) is 0 Å². The Kier molecular flexibility index (Phi) is 3.54. The second-order valence-corrected chi connectivity index (χ2v) is 5.59. The summed E-state index contributed by atoms with van der Waals surface area (Å²) in [6.07, 6.45) is 6.04. The van der Waals surface area contributed by atoms with E-state index in [1.54, 1.807) is 6.20 Å². The van der Waals surface area contributed by atoms with Crippen LogP contribution in [0, 0.1) is 12.3 Å². The van der Waals surface area contributed by atoms with Gasteiger partial charge in [-0.2, -0.15) is 5.10 Å². The first-order valence-electron chi connectivity index (χ1n) is 5.86. The van der Waals surface area contributed by atoms with Crippen molar-refractivity contribution >= 4 is 33.2 Å². The maximum absolute atomic E-state index is 6.05. The maximum Gasteiger partial charge on any atom is 0.171 e. The zero-order valence-corrected chi connectivity index (χ0v) is 12.0. The molecule has 1 aliphatic rings. The molecule has 2 aromatic heterocycles. The molecule has 2 aromatic rings. The Morgan fingerprint density at radius 3 is 3.00 bits per heavy atom. The normalized spacial score (nSPS) is 17.4. The molecule has 6 heteroatoms. The van der Waals surface area contributed by atoms with Crippen LogP contribution in [0.15, 0.2) is 16.7 Å². The SMILES string of the molecule is Clc1cc([CH]C2CCOCC2)n2ncc(Br)c2n1. The fraction of sp³-hybridized carbons (Fsp3) is 0.417. The molecule has 1 aliphatic heterocycles. The largest absolute Gasteiger partial charge is 0.381 e. The van der Waals surface area contributed by atoms with Gasteiger partial charge >= 0.3 is 0 Å². The van der Waals surface area contributed by atoms with E-state index in [0.29, 0.717) is 11.1 Å². The summed E-state index contributed by atoms with van der Waals surface area (Å²) in [6, 6.07) is 1.85. The maximum atomic E-state index is 6.05. The van der Waals surface area contributed by atoms with Crippen molar-refractivity contribution in [2.24, 2.45) is 5.92 Å². The van der Waals surface area contributed by atoms with Gasteiger partial charge in [0.2, 0.25) is 0 Å². The predicted octanol–water partition coefficient (Wildman–Crippen LogP) is 3.12. The van der Waals surface area contributed by atoms with Gasteiger partial charge in [0.05, 0.1) is 16.4 Å². The molecule has 95 valence electrons. The Morgan fingerprint density at radius 2 is 2.22 bits per heavy atom. The lowest BCUT2D eigenvalue weighted by Crippen LogP contribution is -2.17. The van der Waals surface area contributed by atoms with E-state index in [4.69, 9.17) is 16.3 Å². The van der Waals surface area contributed by atoms with E-state index in [-0.39, 0.29) is 0 Å². The van der Waals surface area contributed by atoms with Crippen LogP contribution in [0.5, 0.6) is 0 Å². The average molecular weight is 330 g/mol. The molecule has 0 spiro atoms. The van der Waals surface area contributed by atoms with Crippen LogP contribution in [-0.2, 0) is 4.74 Å². The van der Waals surface area contributed by atoms with Crippen LogP contribution in [0.1, 0.15) is 18.5 Å². The zero-order valence-electron chi connectivity index (χ0n) is 9.64. The Hall–Kier alpha value is -0.650. The minimum absolute atomic E-state index is 0.488. The first-order valence-corrected chi connectivity index (χ1v) is 7.03. The van der Waals surface area contributed by atoms with Crippen molar-refractivity contribution in [3.05, 3.63) is 34.0 Å². The minimum atomic E-state index is 0.488. The number of halogens is 2. The Balaban J connectivity index is 1.94. The number of ether oxygens (including phenoxy) is 1. The highest BCUT2D eigenvalue weighted by Crippen LogP contribution is 2.25. The van der Waals surface area contributed by atoms with E-state index in [1.165, 1.54) is 0 Å². The zero-order chi connectivity index (χ0) is 12.5. The van der Waals surface area contributed by atoms with Crippen LogP contribution in [-0.4, -0.2) is 27.8 Å². The van der Waals surface area contributed by atoms with Crippen molar-refractivity contribution in [3.63, 3.8) is 0 Å². The smallest absolute Gasteiger partial charge is 0.171 e. The summed E-state index contributed by atoms with van der Waals surface area (Å²) >= 11 is 9.47. The van der Waals surface area contributed by atoms with Crippen LogP contribution >= 0.6 is 27.5 Å². The fourth-order valence-corrected chi connectivity index (χ4v) is 2.71. The molecule has 18 heavy (non-hydrogen) atoms. The van der Waals surface area contributed by atoms with Gasteiger partial charge in [-0.1, -0.05) is 11.6 Å². The van der Waals surface area contributed by atoms with Gasteiger partial charge in [-0.25, -0.2) is 9.50 Å². The summed E-state index contributed by atoms with van der Waals surface area (Å²) in [6.45, 7) is 1.65. The average Bonchev–Trinajstić information content (AvgIpc) is 2.73. The molecule has 1 fully saturated rings. The number of rotatable bonds is 2. The van der Waals surface area contributed by atoms with Gasteiger partial charge in [0.25, 0.3) is 0 Å². The summed E-state index contributed by atoms with van der Waals surface area (Å²) in [5.74, 6) is 0.517. The number of hydrogen-bond donors (Lipinski definition) is 0. The highest BCUT2D eigenvalue weighted by atomic mass is 79.9. The molecule has 4 nitrogen and oxygen atoms in total. The van der Waals surface area contributed by atoms with Crippen molar-refractivity contribution in [1.29, 1.82) is 0 Å². The first-order chi connectivity index (χ1) is 8.74. The quantitative estimate of drug-likeness (QED) is 0.795. The van der Waals surface area contributed by atoms with Crippen molar-refractivity contribution < 1.29 is 4.74 Å². The molecular weight excluding hydrogens is 318 g/mol. The van der Waals surface area contributed by atoms with Crippen molar-refractivity contribution in [1.82, 2.24) is 14.6 Å². The highest BCUT2D eigenvalue weighted by molar-refractivity contribution is 9.10. The summed E-state index contributed by atoms with van der Waals surface area (Å²) in [4.78, 5) is 4.26. The second kappa shape index (κ2) is 5.15. The van der Waals surface area contributed by atoms with Gasteiger partial charge in [-0.05, 0) is 40.8 Å². The molecule has 0 aliphatic carbocycles. The number of nitrogens with zero attached hydrogens (tertiary/aromatic N) is 3. The van der Waals surface area contributed by atoms with Gasteiger partial charge in [0.1, 0.15) is 5.15 Å².